The van der Waals surface area contributed by atoms with Crippen molar-refractivity contribution in [3.63, 3.8) is 0 Å². The molecule has 6 heteroatoms. The molecule has 1 amide bonds. The molecule has 0 aliphatic carbocycles. The van der Waals surface area contributed by atoms with Gasteiger partial charge in [-0.05, 0) is 44.0 Å². The van der Waals surface area contributed by atoms with Crippen molar-refractivity contribution in [3.05, 3.63) is 59.9 Å². The molecule has 0 bridgehead atoms. The van der Waals surface area contributed by atoms with E-state index in [1.165, 1.54) is 0 Å². The molecule has 1 aliphatic rings. The molecule has 3 heterocycles. The molecule has 3 aromatic rings. The SMILES string of the molecule is CCOc1ccccc1-c1nc(CC(=O)N2CCC(n3cccc3)CC2)cs1. The summed E-state index contributed by atoms with van der Waals surface area (Å²) >= 11 is 1.56. The Balaban J connectivity index is 1.37. The van der Waals surface area contributed by atoms with Crippen LogP contribution >= 0.6 is 11.3 Å². The first kappa shape index (κ1) is 18.7. The fraction of sp³-hybridized carbons (Fsp3) is 0.364. The average Bonchev–Trinajstić information content (AvgIpc) is 3.41. The van der Waals surface area contributed by atoms with Crippen molar-refractivity contribution in [2.75, 3.05) is 19.7 Å². The molecule has 1 fully saturated rings. The number of hydrogen-bond acceptors (Lipinski definition) is 4. The van der Waals surface area contributed by atoms with E-state index >= 15 is 0 Å². The first-order valence-corrected chi connectivity index (χ1v) is 10.7. The number of ether oxygens (including phenoxy) is 1. The summed E-state index contributed by atoms with van der Waals surface area (Å²) in [6.45, 7) is 4.21. The number of benzene rings is 1. The smallest absolute Gasteiger partial charge is 0.228 e. The van der Waals surface area contributed by atoms with E-state index in [0.717, 1.165) is 47.9 Å². The first-order valence-electron chi connectivity index (χ1n) is 9.81. The van der Waals surface area contributed by atoms with Gasteiger partial charge in [0.15, 0.2) is 0 Å². The molecular formula is C22H25N3O2S. The monoisotopic (exact) mass is 395 g/mol. The van der Waals surface area contributed by atoms with Crippen molar-refractivity contribution in [1.82, 2.24) is 14.5 Å². The van der Waals surface area contributed by atoms with Crippen LogP contribution in [0.15, 0.2) is 54.2 Å². The summed E-state index contributed by atoms with van der Waals surface area (Å²) in [7, 11) is 0. The van der Waals surface area contributed by atoms with Gasteiger partial charge in [-0.2, -0.15) is 0 Å². The number of aromatic nitrogens is 2. The summed E-state index contributed by atoms with van der Waals surface area (Å²) in [6.07, 6.45) is 6.59. The molecule has 28 heavy (non-hydrogen) atoms. The molecule has 0 radical (unpaired) electrons. The molecule has 1 aromatic carbocycles. The van der Waals surface area contributed by atoms with Gasteiger partial charge in [-0.15, -0.1) is 11.3 Å². The largest absolute Gasteiger partial charge is 0.493 e. The normalized spacial score (nSPS) is 15.0. The van der Waals surface area contributed by atoms with Crippen LogP contribution in [0.25, 0.3) is 10.6 Å². The number of carbonyl (C=O) groups is 1. The summed E-state index contributed by atoms with van der Waals surface area (Å²) in [5.41, 5.74) is 1.82. The van der Waals surface area contributed by atoms with Gasteiger partial charge in [-0.3, -0.25) is 4.79 Å². The van der Waals surface area contributed by atoms with Gasteiger partial charge in [0.2, 0.25) is 5.91 Å². The van der Waals surface area contributed by atoms with Gasteiger partial charge < -0.3 is 14.2 Å². The van der Waals surface area contributed by atoms with E-state index in [-0.39, 0.29) is 5.91 Å². The molecule has 4 rings (SSSR count). The molecule has 5 nitrogen and oxygen atoms in total. The van der Waals surface area contributed by atoms with Crippen molar-refractivity contribution in [2.45, 2.75) is 32.2 Å². The third kappa shape index (κ3) is 4.12. The summed E-state index contributed by atoms with van der Waals surface area (Å²) in [4.78, 5) is 19.4. The van der Waals surface area contributed by atoms with Gasteiger partial charge in [0, 0.05) is 36.9 Å². The van der Waals surface area contributed by atoms with Crippen molar-refractivity contribution in [3.8, 4) is 16.3 Å². The fourth-order valence-electron chi connectivity index (χ4n) is 3.71. The second-order valence-corrected chi connectivity index (χ2v) is 7.85. The van der Waals surface area contributed by atoms with Crippen molar-refractivity contribution in [2.24, 2.45) is 0 Å². The highest BCUT2D eigenvalue weighted by atomic mass is 32.1. The minimum Gasteiger partial charge on any atom is -0.493 e. The van der Waals surface area contributed by atoms with E-state index in [1.54, 1.807) is 11.3 Å². The Morgan fingerprint density at radius 1 is 1.18 bits per heavy atom. The molecule has 2 aromatic heterocycles. The predicted octanol–water partition coefficient (Wildman–Crippen LogP) is 4.42. The number of hydrogen-bond donors (Lipinski definition) is 0. The van der Waals surface area contributed by atoms with Gasteiger partial charge in [0.1, 0.15) is 10.8 Å². The van der Waals surface area contributed by atoms with Gasteiger partial charge in [0.05, 0.1) is 24.3 Å². The van der Waals surface area contributed by atoms with Gasteiger partial charge in [0.25, 0.3) is 0 Å². The number of para-hydroxylation sites is 1. The molecule has 1 saturated heterocycles. The Morgan fingerprint density at radius 3 is 2.68 bits per heavy atom. The maximum Gasteiger partial charge on any atom is 0.228 e. The van der Waals surface area contributed by atoms with Crippen LogP contribution in [0.4, 0.5) is 0 Å². The van der Waals surface area contributed by atoms with Gasteiger partial charge >= 0.3 is 0 Å². The van der Waals surface area contributed by atoms with Crippen LogP contribution in [0.1, 0.15) is 31.5 Å². The highest BCUT2D eigenvalue weighted by molar-refractivity contribution is 7.13. The molecule has 0 spiro atoms. The quantitative estimate of drug-likeness (QED) is 0.621. The van der Waals surface area contributed by atoms with Crippen LogP contribution in [0.5, 0.6) is 5.75 Å². The van der Waals surface area contributed by atoms with Crippen LogP contribution in [0.2, 0.25) is 0 Å². The van der Waals surface area contributed by atoms with E-state index in [9.17, 15) is 4.79 Å². The minimum atomic E-state index is 0.167. The molecular weight excluding hydrogens is 370 g/mol. The van der Waals surface area contributed by atoms with Crippen molar-refractivity contribution >= 4 is 17.2 Å². The molecule has 0 saturated carbocycles. The third-order valence-electron chi connectivity index (χ3n) is 5.17. The lowest BCUT2D eigenvalue weighted by molar-refractivity contribution is -0.131. The number of nitrogens with zero attached hydrogens (tertiary/aromatic N) is 3. The number of piperidine rings is 1. The number of thiazole rings is 1. The number of rotatable bonds is 6. The Morgan fingerprint density at radius 2 is 1.93 bits per heavy atom. The summed E-state index contributed by atoms with van der Waals surface area (Å²) in [6, 6.07) is 12.5. The van der Waals surface area contributed by atoms with E-state index in [0.29, 0.717) is 19.1 Å². The minimum absolute atomic E-state index is 0.167. The summed E-state index contributed by atoms with van der Waals surface area (Å²) in [5.74, 6) is 1.00. The Labute approximate surface area is 169 Å². The molecule has 0 atom stereocenters. The maximum absolute atomic E-state index is 12.7. The zero-order chi connectivity index (χ0) is 19.3. The van der Waals surface area contributed by atoms with Crippen LogP contribution < -0.4 is 4.74 Å². The number of amides is 1. The zero-order valence-electron chi connectivity index (χ0n) is 16.1. The van der Waals surface area contributed by atoms with Crippen LogP contribution in [0, 0.1) is 0 Å². The first-order chi connectivity index (χ1) is 13.7. The predicted molar refractivity (Wildman–Crippen MR) is 112 cm³/mol. The Kier molecular flexibility index (Phi) is 5.76. The van der Waals surface area contributed by atoms with Gasteiger partial charge in [-0.1, -0.05) is 12.1 Å². The lowest BCUT2D eigenvalue weighted by Crippen LogP contribution is -2.39. The second kappa shape index (κ2) is 8.61. The second-order valence-electron chi connectivity index (χ2n) is 6.99. The molecule has 0 unspecified atom stereocenters. The molecule has 1 aliphatic heterocycles. The molecule has 146 valence electrons. The van der Waals surface area contributed by atoms with Crippen molar-refractivity contribution in [1.29, 1.82) is 0 Å². The lowest BCUT2D eigenvalue weighted by atomic mass is 10.0. The summed E-state index contributed by atoms with van der Waals surface area (Å²) in [5, 5.41) is 2.89. The standard InChI is InChI=1S/C22H25N3O2S/c1-2-27-20-8-4-3-7-19(20)22-23-17(16-28-22)15-21(26)25-13-9-18(10-14-25)24-11-5-6-12-24/h3-8,11-12,16,18H,2,9-10,13-15H2,1H3. The van der Waals surface area contributed by atoms with Crippen LogP contribution in [0.3, 0.4) is 0 Å². The van der Waals surface area contributed by atoms with E-state index in [1.807, 2.05) is 41.5 Å². The van der Waals surface area contributed by atoms with Crippen LogP contribution in [-0.4, -0.2) is 40.1 Å². The van der Waals surface area contributed by atoms with E-state index in [2.05, 4.69) is 29.1 Å². The topological polar surface area (TPSA) is 47.4 Å². The average molecular weight is 396 g/mol. The van der Waals surface area contributed by atoms with Gasteiger partial charge in [-0.25, -0.2) is 4.98 Å². The Bertz CT molecular complexity index is 912. The van der Waals surface area contributed by atoms with Crippen LogP contribution in [-0.2, 0) is 11.2 Å². The highest BCUT2D eigenvalue weighted by Crippen LogP contribution is 2.32. The maximum atomic E-state index is 12.7. The lowest BCUT2D eigenvalue weighted by Gasteiger charge is -2.32. The van der Waals surface area contributed by atoms with E-state index in [4.69, 9.17) is 9.72 Å². The summed E-state index contributed by atoms with van der Waals surface area (Å²) < 4.78 is 7.96. The number of carbonyl (C=O) groups excluding carboxylic acids is 1. The zero-order valence-corrected chi connectivity index (χ0v) is 16.9. The third-order valence-corrected chi connectivity index (χ3v) is 6.09. The fourth-order valence-corrected chi connectivity index (χ4v) is 4.56. The Hall–Kier alpha value is -2.60. The number of likely N-dealkylation sites (tertiary alicyclic amines) is 1. The highest BCUT2D eigenvalue weighted by Gasteiger charge is 2.24. The van der Waals surface area contributed by atoms with E-state index < -0.39 is 0 Å². The molecule has 0 N–H and O–H groups in total. The van der Waals surface area contributed by atoms with Crippen molar-refractivity contribution < 1.29 is 9.53 Å².